The molecular formula is C42H33N9O18S6. The number of thiazole rings is 1. The summed E-state index contributed by atoms with van der Waals surface area (Å²) in [5.41, 5.74) is -2.50. The highest BCUT2D eigenvalue weighted by Gasteiger charge is 2.26. The topological polar surface area (TPSA) is 426 Å². The van der Waals surface area contributed by atoms with Crippen molar-refractivity contribution in [2.75, 3.05) is 12.4 Å². The van der Waals surface area contributed by atoms with Crippen LogP contribution >= 0.6 is 11.3 Å². The van der Waals surface area contributed by atoms with Crippen LogP contribution in [0, 0.1) is 6.92 Å². The molecule has 0 atom stereocenters. The number of phenols is 1. The molecule has 0 saturated heterocycles. The predicted octanol–water partition coefficient (Wildman–Crippen LogP) is 8.50. The fraction of sp³-hybridized carbons (Fsp3) is 0.0952. The highest BCUT2D eigenvalue weighted by atomic mass is 32.2. The summed E-state index contributed by atoms with van der Waals surface area (Å²) >= 11 is 0.966. The van der Waals surface area contributed by atoms with E-state index in [1.54, 1.807) is 31.2 Å². The van der Waals surface area contributed by atoms with Gasteiger partial charge >= 0.3 is 0 Å². The molecule has 0 fully saturated rings. The van der Waals surface area contributed by atoms with Crippen LogP contribution in [-0.4, -0.2) is 97.1 Å². The molecule has 75 heavy (non-hydrogen) atoms. The number of phenolic OH excluding ortho intramolecular Hbond substituents is 1. The standard InChI is InChI=1S/C42H33N9O18S6/c1-22-17-32(33(69-15-6-16-71(54,55)56)21-31(22)46-49-42-43-37-34(70-42)9-5-10-35(37)74(63,64)65)47-44-29-13-12-28-27(39(29)52)11-14-30(40(28)75(66,67)68)45-48-38-36(23-7-3-2-4-8-23)50-51(41(38)53)24-18-25(72(57,58)59)20-26(19-24)73(60,61)62/h2-5,7-14,17-21,50,52H,6,15-16H2,1H3,(H,54,55,56)(H,57,58,59)(H,60,61,62)(H,63,64,65)(H,66,67,68). The fourth-order valence-electron chi connectivity index (χ4n) is 7.12. The molecule has 33 heteroatoms. The number of ether oxygens (including phenoxy) is 1. The summed E-state index contributed by atoms with van der Waals surface area (Å²) in [7, 11) is -24.5. The van der Waals surface area contributed by atoms with E-state index in [1.165, 1.54) is 36.4 Å². The molecule has 27 nitrogen and oxygen atoms in total. The smallest absolute Gasteiger partial charge is 0.299 e. The van der Waals surface area contributed by atoms with Crippen molar-refractivity contribution >= 4 is 116 Å². The van der Waals surface area contributed by atoms with Crippen molar-refractivity contribution in [3.05, 3.63) is 119 Å². The lowest BCUT2D eigenvalue weighted by Crippen LogP contribution is -2.16. The summed E-state index contributed by atoms with van der Waals surface area (Å²) in [5, 5.41) is 38.1. The maximum Gasteiger partial charge on any atom is 0.299 e. The van der Waals surface area contributed by atoms with Crippen molar-refractivity contribution in [1.82, 2.24) is 14.8 Å². The van der Waals surface area contributed by atoms with Crippen LogP contribution < -0.4 is 10.3 Å². The van der Waals surface area contributed by atoms with Gasteiger partial charge in [0, 0.05) is 22.4 Å². The first kappa shape index (κ1) is 53.7. The van der Waals surface area contributed by atoms with E-state index in [0.717, 1.165) is 35.6 Å². The summed E-state index contributed by atoms with van der Waals surface area (Å²) in [5.74, 6) is -1.40. The highest BCUT2D eigenvalue weighted by molar-refractivity contribution is 7.87. The Morgan fingerprint density at radius 2 is 1.27 bits per heavy atom. The zero-order chi connectivity index (χ0) is 54.4. The monoisotopic (exact) mass is 1140 g/mol. The minimum atomic E-state index is -5.26. The number of aromatic hydroxyl groups is 1. The van der Waals surface area contributed by atoms with Gasteiger partial charge in [-0.15, -0.1) is 30.7 Å². The molecule has 0 saturated carbocycles. The van der Waals surface area contributed by atoms with Crippen LogP contribution in [0.4, 0.5) is 33.6 Å². The number of aromatic amines is 1. The molecule has 8 aromatic rings. The summed E-state index contributed by atoms with van der Waals surface area (Å²) < 4.78 is 176. The van der Waals surface area contributed by atoms with Gasteiger partial charge in [-0.1, -0.05) is 53.8 Å². The first-order chi connectivity index (χ1) is 35.1. The number of nitrogens with zero attached hydrogens (tertiary/aromatic N) is 8. The van der Waals surface area contributed by atoms with E-state index in [-0.39, 0.29) is 68.5 Å². The van der Waals surface area contributed by atoms with Crippen LogP contribution in [0.15, 0.2) is 158 Å². The number of aryl methyl sites for hydroxylation is 1. The zero-order valence-electron chi connectivity index (χ0n) is 37.5. The third-order valence-electron chi connectivity index (χ3n) is 10.5. The van der Waals surface area contributed by atoms with Gasteiger partial charge in [-0.25, -0.2) is 9.67 Å². The Morgan fingerprint density at radius 1 is 0.640 bits per heavy atom. The second-order valence-corrected chi connectivity index (χ2v) is 23.8. The molecule has 0 aliphatic rings. The number of hydrogen-bond donors (Lipinski definition) is 7. The Labute approximate surface area is 427 Å². The number of hydrogen-bond acceptors (Lipinski definition) is 21. The van der Waals surface area contributed by atoms with Crippen molar-refractivity contribution in [3.63, 3.8) is 0 Å². The first-order valence-electron chi connectivity index (χ1n) is 20.7. The molecule has 2 heterocycles. The van der Waals surface area contributed by atoms with Gasteiger partial charge < -0.3 is 9.84 Å². The second kappa shape index (κ2) is 20.3. The average molecular weight is 1140 g/mol. The summed E-state index contributed by atoms with van der Waals surface area (Å²) in [6.45, 7) is 1.31. The third-order valence-corrected chi connectivity index (χ3v) is 15.7. The molecule has 6 aromatic carbocycles. The lowest BCUT2D eigenvalue weighted by molar-refractivity contribution is 0.317. The van der Waals surface area contributed by atoms with Crippen LogP contribution in [-0.2, 0) is 50.6 Å². The van der Waals surface area contributed by atoms with E-state index in [1.807, 2.05) is 0 Å². The van der Waals surface area contributed by atoms with Gasteiger partial charge in [-0.2, -0.15) is 42.1 Å². The van der Waals surface area contributed by atoms with Gasteiger partial charge in [0.25, 0.3) is 56.1 Å². The molecular weight excluding hydrogens is 1110 g/mol. The third kappa shape index (κ3) is 12.0. The van der Waals surface area contributed by atoms with Gasteiger partial charge in [0.05, 0.1) is 43.9 Å². The molecule has 7 N–H and O–H groups in total. The van der Waals surface area contributed by atoms with E-state index in [9.17, 15) is 74.8 Å². The average Bonchev–Trinajstić information content (AvgIpc) is 3.90. The lowest BCUT2D eigenvalue weighted by Gasteiger charge is -2.11. The maximum absolute atomic E-state index is 14.0. The molecule has 0 aliphatic heterocycles. The molecule has 0 radical (unpaired) electrons. The minimum absolute atomic E-state index is 0.00678. The van der Waals surface area contributed by atoms with Gasteiger partial charge in [0.1, 0.15) is 38.1 Å². The zero-order valence-corrected chi connectivity index (χ0v) is 42.4. The molecule has 0 amide bonds. The minimum Gasteiger partial charge on any atom is -0.505 e. The van der Waals surface area contributed by atoms with Gasteiger partial charge in [-0.05, 0) is 73.5 Å². The normalized spacial score (nSPS) is 13.0. The van der Waals surface area contributed by atoms with Crippen molar-refractivity contribution in [2.45, 2.75) is 32.9 Å². The fourth-order valence-corrected chi connectivity index (χ4v) is 11.1. The van der Waals surface area contributed by atoms with Crippen LogP contribution in [0.1, 0.15) is 12.0 Å². The first-order valence-corrected chi connectivity index (χ1v) is 28.9. The summed E-state index contributed by atoms with van der Waals surface area (Å²) in [4.78, 5) is 14.8. The molecule has 390 valence electrons. The van der Waals surface area contributed by atoms with Gasteiger partial charge in [0.15, 0.2) is 11.4 Å². The van der Waals surface area contributed by atoms with Crippen molar-refractivity contribution in [3.8, 4) is 28.4 Å². The number of fused-ring (bicyclic) bond motifs is 2. The van der Waals surface area contributed by atoms with Crippen LogP contribution in [0.2, 0.25) is 0 Å². The summed E-state index contributed by atoms with van der Waals surface area (Å²) in [6, 6.07) is 20.9. The van der Waals surface area contributed by atoms with E-state index in [0.29, 0.717) is 33.1 Å². The van der Waals surface area contributed by atoms with E-state index in [2.05, 4.69) is 40.8 Å². The predicted molar refractivity (Wildman–Crippen MR) is 267 cm³/mol. The molecule has 0 unspecified atom stereocenters. The van der Waals surface area contributed by atoms with E-state index >= 15 is 0 Å². The molecule has 8 rings (SSSR count). The van der Waals surface area contributed by atoms with Crippen LogP contribution in [0.25, 0.3) is 37.9 Å². The Kier molecular flexibility index (Phi) is 14.5. The van der Waals surface area contributed by atoms with Gasteiger partial charge in [-0.3, -0.25) is 32.7 Å². The van der Waals surface area contributed by atoms with Crippen LogP contribution in [0.5, 0.6) is 11.5 Å². The number of para-hydroxylation sites is 1. The Bertz CT molecular complexity index is 4340. The molecule has 0 aliphatic carbocycles. The second-order valence-electron chi connectivity index (χ2n) is 15.6. The number of benzene rings is 6. The number of aromatic nitrogens is 3. The van der Waals surface area contributed by atoms with Crippen molar-refractivity contribution in [2.24, 2.45) is 30.7 Å². The lowest BCUT2D eigenvalue weighted by atomic mass is 10.1. The number of H-pyrrole nitrogens is 1. The Hall–Kier alpha value is -7.57. The van der Waals surface area contributed by atoms with E-state index in [4.69, 9.17) is 4.74 Å². The highest BCUT2D eigenvalue weighted by Crippen LogP contribution is 2.44. The quantitative estimate of drug-likeness (QED) is 0.0255. The van der Waals surface area contributed by atoms with Crippen molar-refractivity contribution < 1.29 is 74.7 Å². The van der Waals surface area contributed by atoms with Gasteiger partial charge in [0.2, 0.25) is 5.13 Å². The van der Waals surface area contributed by atoms with Crippen molar-refractivity contribution in [1.29, 1.82) is 0 Å². The summed E-state index contributed by atoms with van der Waals surface area (Å²) in [6.07, 6.45) is -0.183. The number of nitrogens with one attached hydrogen (secondary N) is 1. The SMILES string of the molecule is Cc1cc(N=Nc2ccc3c(S(=O)(=O)O)c(N=Nc4c(-c5ccccc5)[nH]n(-c5cc(S(=O)(=O)O)cc(S(=O)(=O)O)c5)c4=O)ccc3c2O)c(OCCCS(=O)(=O)O)cc1N=Nc1nc2c(S(=O)(=O)O)cccc2s1. The Balaban J connectivity index is 1.17. The molecule has 0 spiro atoms. The largest absolute Gasteiger partial charge is 0.505 e. The van der Waals surface area contributed by atoms with E-state index < -0.39 is 104 Å². The Morgan fingerprint density at radius 3 is 1.91 bits per heavy atom. The van der Waals surface area contributed by atoms with Crippen LogP contribution in [0.3, 0.4) is 0 Å². The number of azo groups is 3. The molecule has 2 aromatic heterocycles. The molecule has 0 bridgehead atoms. The maximum atomic E-state index is 14.0. The number of rotatable bonds is 17.